The van der Waals surface area contributed by atoms with Crippen molar-refractivity contribution in [2.75, 3.05) is 0 Å². The summed E-state index contributed by atoms with van der Waals surface area (Å²) in [7, 11) is 0. The van der Waals surface area contributed by atoms with Crippen molar-refractivity contribution in [3.8, 4) is 11.4 Å². The third-order valence-electron chi connectivity index (χ3n) is 2.99. The molecule has 1 aliphatic carbocycles. The van der Waals surface area contributed by atoms with Gasteiger partial charge in [-0.05, 0) is 36.4 Å². The van der Waals surface area contributed by atoms with Crippen molar-refractivity contribution in [1.29, 1.82) is 10.8 Å². The molecule has 4 nitrogen and oxygen atoms in total. The molecule has 2 aromatic heterocycles. The molecule has 0 spiro atoms. The minimum atomic E-state index is 0.201. The molecule has 0 bridgehead atoms. The Morgan fingerprint density at radius 1 is 0.750 bits per heavy atom. The van der Waals surface area contributed by atoms with Gasteiger partial charge in [0.1, 0.15) is 0 Å². The van der Waals surface area contributed by atoms with Gasteiger partial charge in [0.2, 0.25) is 0 Å². The summed E-state index contributed by atoms with van der Waals surface area (Å²) in [6, 6.07) is 11.4. The lowest BCUT2D eigenvalue weighted by molar-refractivity contribution is 1.22. The first kappa shape index (κ1) is 12.2. The highest BCUT2D eigenvalue weighted by molar-refractivity contribution is 6.50. The number of nitrogens with one attached hydrogen (secondary N) is 2. The van der Waals surface area contributed by atoms with Crippen LogP contribution in [0.3, 0.4) is 0 Å². The van der Waals surface area contributed by atoms with E-state index >= 15 is 0 Å². The molecule has 96 valence electrons. The summed E-state index contributed by atoms with van der Waals surface area (Å²) in [6.07, 6.45) is 6.82. The third kappa shape index (κ3) is 2.31. The number of hydrogen-bond acceptors (Lipinski definition) is 4. The van der Waals surface area contributed by atoms with Crippen LogP contribution in [0.4, 0.5) is 0 Å². The van der Waals surface area contributed by atoms with Crippen molar-refractivity contribution in [3.63, 3.8) is 0 Å². The number of pyridine rings is 2. The van der Waals surface area contributed by atoms with E-state index < -0.39 is 0 Å². The van der Waals surface area contributed by atoms with Crippen LogP contribution in [0.2, 0.25) is 0 Å². The van der Waals surface area contributed by atoms with Crippen LogP contribution in [0.1, 0.15) is 5.69 Å². The SMILES string of the molecule is N=C1C=CC(c2cccc(-c3ccccn3)n2)=CC1=N. The van der Waals surface area contributed by atoms with Gasteiger partial charge in [-0.3, -0.25) is 15.8 Å². The Morgan fingerprint density at radius 2 is 1.55 bits per heavy atom. The van der Waals surface area contributed by atoms with Gasteiger partial charge in [0.05, 0.1) is 28.5 Å². The zero-order valence-electron chi connectivity index (χ0n) is 10.7. The quantitative estimate of drug-likeness (QED) is 0.814. The highest BCUT2D eigenvalue weighted by Crippen LogP contribution is 2.21. The predicted molar refractivity (Wildman–Crippen MR) is 80.0 cm³/mol. The van der Waals surface area contributed by atoms with Crippen molar-refractivity contribution >= 4 is 17.0 Å². The monoisotopic (exact) mass is 260 g/mol. The van der Waals surface area contributed by atoms with Crippen molar-refractivity contribution in [2.24, 2.45) is 0 Å². The van der Waals surface area contributed by atoms with Crippen molar-refractivity contribution in [3.05, 3.63) is 66.5 Å². The van der Waals surface area contributed by atoms with E-state index in [-0.39, 0.29) is 11.4 Å². The van der Waals surface area contributed by atoms with E-state index in [1.807, 2.05) is 42.5 Å². The maximum absolute atomic E-state index is 7.70. The van der Waals surface area contributed by atoms with Gasteiger partial charge >= 0.3 is 0 Å². The van der Waals surface area contributed by atoms with E-state index in [1.54, 1.807) is 18.3 Å². The largest absolute Gasteiger partial charge is 0.299 e. The number of nitrogens with zero attached hydrogens (tertiary/aromatic N) is 2. The Morgan fingerprint density at radius 3 is 2.30 bits per heavy atom. The van der Waals surface area contributed by atoms with Gasteiger partial charge in [-0.25, -0.2) is 4.98 Å². The van der Waals surface area contributed by atoms with Gasteiger partial charge in [0, 0.05) is 11.8 Å². The number of hydrogen-bond donors (Lipinski definition) is 2. The minimum absolute atomic E-state index is 0.201. The standard InChI is InChI=1S/C16H12N4/c17-12-8-7-11(10-13(12)18)14-5-3-6-16(20-14)15-4-1-2-9-19-15/h1-10,17-18H. The van der Waals surface area contributed by atoms with Crippen LogP contribution in [0.25, 0.3) is 17.0 Å². The molecule has 4 heteroatoms. The van der Waals surface area contributed by atoms with Gasteiger partial charge in [-0.15, -0.1) is 0 Å². The summed E-state index contributed by atoms with van der Waals surface area (Å²) in [6.45, 7) is 0. The van der Waals surface area contributed by atoms with Crippen LogP contribution < -0.4 is 0 Å². The lowest BCUT2D eigenvalue weighted by Gasteiger charge is -2.09. The Bertz CT molecular complexity index is 742. The zero-order valence-corrected chi connectivity index (χ0v) is 10.7. The Labute approximate surface area is 116 Å². The van der Waals surface area contributed by atoms with Gasteiger partial charge in [0.15, 0.2) is 0 Å². The number of rotatable bonds is 2. The van der Waals surface area contributed by atoms with E-state index in [2.05, 4.69) is 9.97 Å². The van der Waals surface area contributed by atoms with Crippen molar-refractivity contribution in [2.45, 2.75) is 0 Å². The number of allylic oxidation sites excluding steroid dienone is 4. The molecule has 2 heterocycles. The normalized spacial score (nSPS) is 14.3. The molecule has 3 rings (SSSR count). The second kappa shape index (κ2) is 5.01. The first-order valence-corrected chi connectivity index (χ1v) is 6.20. The van der Waals surface area contributed by atoms with Gasteiger partial charge < -0.3 is 0 Å². The van der Waals surface area contributed by atoms with Crippen LogP contribution in [0, 0.1) is 10.8 Å². The molecule has 0 saturated heterocycles. The van der Waals surface area contributed by atoms with Crippen molar-refractivity contribution < 1.29 is 0 Å². The zero-order chi connectivity index (χ0) is 13.9. The van der Waals surface area contributed by atoms with Crippen LogP contribution >= 0.6 is 0 Å². The van der Waals surface area contributed by atoms with Crippen LogP contribution in [0.15, 0.2) is 60.8 Å². The highest BCUT2D eigenvalue weighted by atomic mass is 14.8. The van der Waals surface area contributed by atoms with E-state index in [9.17, 15) is 0 Å². The fraction of sp³-hybridized carbons (Fsp3) is 0. The summed E-state index contributed by atoms with van der Waals surface area (Å²) in [5.74, 6) is 0. The Hall–Kier alpha value is -2.88. The molecule has 0 radical (unpaired) electrons. The first-order chi connectivity index (χ1) is 9.74. The smallest absolute Gasteiger partial charge is 0.0893 e. The lowest BCUT2D eigenvalue weighted by atomic mass is 10.0. The summed E-state index contributed by atoms with van der Waals surface area (Å²) < 4.78 is 0. The third-order valence-corrected chi connectivity index (χ3v) is 2.99. The molecular weight excluding hydrogens is 248 g/mol. The molecule has 0 unspecified atom stereocenters. The van der Waals surface area contributed by atoms with Gasteiger partial charge in [-0.2, -0.15) is 0 Å². The summed E-state index contributed by atoms with van der Waals surface area (Å²) in [5, 5.41) is 15.2. The summed E-state index contributed by atoms with van der Waals surface area (Å²) in [5.41, 5.74) is 3.65. The van der Waals surface area contributed by atoms with E-state index in [1.165, 1.54) is 0 Å². The molecule has 2 N–H and O–H groups in total. The van der Waals surface area contributed by atoms with Gasteiger partial charge in [0.25, 0.3) is 0 Å². The van der Waals surface area contributed by atoms with Crippen LogP contribution in [-0.2, 0) is 0 Å². The maximum atomic E-state index is 7.70. The molecule has 0 fully saturated rings. The topological polar surface area (TPSA) is 73.5 Å². The molecule has 0 aliphatic heterocycles. The second-order valence-electron chi connectivity index (χ2n) is 4.38. The van der Waals surface area contributed by atoms with Crippen LogP contribution in [0.5, 0.6) is 0 Å². The Balaban J connectivity index is 2.01. The molecule has 0 aromatic carbocycles. The molecule has 1 aliphatic rings. The molecule has 0 saturated carbocycles. The molecule has 0 amide bonds. The van der Waals surface area contributed by atoms with E-state index in [0.717, 1.165) is 22.7 Å². The average molecular weight is 260 g/mol. The summed E-state index contributed by atoms with van der Waals surface area (Å²) in [4.78, 5) is 8.86. The molecule has 0 atom stereocenters. The van der Waals surface area contributed by atoms with Crippen LogP contribution in [-0.4, -0.2) is 21.4 Å². The maximum Gasteiger partial charge on any atom is 0.0893 e. The van der Waals surface area contributed by atoms with E-state index in [0.29, 0.717) is 0 Å². The van der Waals surface area contributed by atoms with E-state index in [4.69, 9.17) is 10.8 Å². The number of aromatic nitrogens is 2. The Kier molecular flexibility index (Phi) is 3.05. The first-order valence-electron chi connectivity index (χ1n) is 6.20. The highest BCUT2D eigenvalue weighted by Gasteiger charge is 2.10. The fourth-order valence-corrected chi connectivity index (χ4v) is 1.96. The molecular formula is C16H12N4. The van der Waals surface area contributed by atoms with Crippen molar-refractivity contribution in [1.82, 2.24) is 9.97 Å². The lowest BCUT2D eigenvalue weighted by Crippen LogP contribution is -2.10. The second-order valence-corrected chi connectivity index (χ2v) is 4.38. The predicted octanol–water partition coefficient (Wildman–Crippen LogP) is 3.14. The average Bonchev–Trinajstić information content (AvgIpc) is 2.51. The fourth-order valence-electron chi connectivity index (χ4n) is 1.96. The van der Waals surface area contributed by atoms with Gasteiger partial charge in [-0.1, -0.05) is 18.2 Å². The summed E-state index contributed by atoms with van der Waals surface area (Å²) >= 11 is 0. The minimum Gasteiger partial charge on any atom is -0.299 e. The molecule has 2 aromatic rings. The molecule has 20 heavy (non-hydrogen) atoms.